The number of rotatable bonds is 2. The van der Waals surface area contributed by atoms with Gasteiger partial charge in [-0.1, -0.05) is 6.92 Å². The highest BCUT2D eigenvalue weighted by molar-refractivity contribution is 5.97. The van der Waals surface area contributed by atoms with E-state index < -0.39 is 0 Å². The molecule has 0 aromatic heterocycles. The van der Waals surface area contributed by atoms with Crippen molar-refractivity contribution in [1.29, 1.82) is 0 Å². The van der Waals surface area contributed by atoms with Gasteiger partial charge in [0.25, 0.3) is 5.91 Å². The van der Waals surface area contributed by atoms with Gasteiger partial charge in [-0.2, -0.15) is 0 Å². The molecule has 19 heavy (non-hydrogen) atoms. The van der Waals surface area contributed by atoms with Crippen LogP contribution in [0.5, 0.6) is 5.75 Å². The molecule has 0 saturated carbocycles. The molecule has 0 N–H and O–H groups in total. The minimum absolute atomic E-state index is 0.104. The van der Waals surface area contributed by atoms with E-state index >= 15 is 0 Å². The second-order valence-corrected chi connectivity index (χ2v) is 5.61. The molecule has 0 unspecified atom stereocenters. The Bertz CT molecular complexity index is 474. The van der Waals surface area contributed by atoms with Gasteiger partial charge in [0.05, 0.1) is 12.7 Å². The summed E-state index contributed by atoms with van der Waals surface area (Å²) in [6, 6.07) is 3.91. The zero-order valence-corrected chi connectivity index (χ0v) is 12.3. The summed E-state index contributed by atoms with van der Waals surface area (Å²) in [6.07, 6.45) is 2.19. The molecule has 3 nitrogen and oxygen atoms in total. The maximum atomic E-state index is 12.6. The average molecular weight is 261 g/mol. The maximum absolute atomic E-state index is 12.6. The lowest BCUT2D eigenvalue weighted by molar-refractivity contribution is 0.0694. The summed E-state index contributed by atoms with van der Waals surface area (Å²) in [5.74, 6) is 1.52. The molecule has 1 saturated heterocycles. The normalized spacial score (nSPS) is 16.5. The van der Waals surface area contributed by atoms with Gasteiger partial charge in [0.2, 0.25) is 0 Å². The third-order valence-electron chi connectivity index (χ3n) is 4.12. The third kappa shape index (κ3) is 2.91. The van der Waals surface area contributed by atoms with Crippen LogP contribution in [0.4, 0.5) is 0 Å². The number of nitrogens with zero attached hydrogens (tertiary/aromatic N) is 1. The van der Waals surface area contributed by atoms with Gasteiger partial charge >= 0.3 is 0 Å². The van der Waals surface area contributed by atoms with Crippen molar-refractivity contribution in [3.05, 3.63) is 28.8 Å². The van der Waals surface area contributed by atoms with Crippen LogP contribution >= 0.6 is 0 Å². The fraction of sp³-hybridized carbons (Fsp3) is 0.562. The van der Waals surface area contributed by atoms with Crippen molar-refractivity contribution in [3.8, 4) is 5.75 Å². The van der Waals surface area contributed by atoms with Crippen LogP contribution in [0.1, 0.15) is 41.3 Å². The van der Waals surface area contributed by atoms with Crippen LogP contribution in [0, 0.1) is 19.8 Å². The summed E-state index contributed by atoms with van der Waals surface area (Å²) >= 11 is 0. The predicted molar refractivity (Wildman–Crippen MR) is 76.8 cm³/mol. The van der Waals surface area contributed by atoms with Crippen molar-refractivity contribution in [2.75, 3.05) is 20.2 Å². The molecule has 0 radical (unpaired) electrons. The van der Waals surface area contributed by atoms with Crippen LogP contribution in [0.15, 0.2) is 12.1 Å². The van der Waals surface area contributed by atoms with Gasteiger partial charge in [0.15, 0.2) is 0 Å². The van der Waals surface area contributed by atoms with E-state index in [9.17, 15) is 4.79 Å². The Balaban J connectivity index is 2.25. The largest absolute Gasteiger partial charge is 0.496 e. The molecule has 1 amide bonds. The molecule has 1 fully saturated rings. The predicted octanol–water partition coefficient (Wildman–Crippen LogP) is 3.18. The van der Waals surface area contributed by atoms with E-state index in [0.717, 1.165) is 43.0 Å². The average Bonchev–Trinajstić information content (AvgIpc) is 2.41. The number of aryl methyl sites for hydroxylation is 2. The summed E-state index contributed by atoms with van der Waals surface area (Å²) in [4.78, 5) is 14.5. The topological polar surface area (TPSA) is 29.5 Å². The molecule has 0 bridgehead atoms. The second-order valence-electron chi connectivity index (χ2n) is 5.61. The molecular weight excluding hydrogens is 238 g/mol. The van der Waals surface area contributed by atoms with Crippen molar-refractivity contribution < 1.29 is 9.53 Å². The molecule has 1 aliphatic rings. The molecule has 3 heteroatoms. The van der Waals surface area contributed by atoms with E-state index in [1.807, 2.05) is 30.9 Å². The number of hydrogen-bond acceptors (Lipinski definition) is 2. The van der Waals surface area contributed by atoms with E-state index in [1.54, 1.807) is 7.11 Å². The Hall–Kier alpha value is -1.51. The number of piperidine rings is 1. The zero-order chi connectivity index (χ0) is 14.0. The van der Waals surface area contributed by atoms with E-state index in [0.29, 0.717) is 11.3 Å². The molecular formula is C16H23NO2. The molecule has 104 valence electrons. The first-order chi connectivity index (χ1) is 9.02. The molecule has 1 aromatic carbocycles. The van der Waals surface area contributed by atoms with Crippen molar-refractivity contribution in [2.24, 2.45) is 5.92 Å². The fourth-order valence-electron chi connectivity index (χ4n) is 2.51. The van der Waals surface area contributed by atoms with Gasteiger partial charge in [-0.05, 0) is 55.9 Å². The van der Waals surface area contributed by atoms with Gasteiger partial charge < -0.3 is 9.64 Å². The quantitative estimate of drug-likeness (QED) is 0.818. The number of benzene rings is 1. The summed E-state index contributed by atoms with van der Waals surface area (Å²) in [6.45, 7) is 8.03. The summed E-state index contributed by atoms with van der Waals surface area (Å²) in [5.41, 5.74) is 2.98. The van der Waals surface area contributed by atoms with Gasteiger partial charge in [0, 0.05) is 13.1 Å². The van der Waals surface area contributed by atoms with Crippen LogP contribution < -0.4 is 4.74 Å². The van der Waals surface area contributed by atoms with Gasteiger partial charge in [0.1, 0.15) is 5.75 Å². The molecule has 2 rings (SSSR count). The van der Waals surface area contributed by atoms with Gasteiger partial charge in [-0.3, -0.25) is 4.79 Å². The summed E-state index contributed by atoms with van der Waals surface area (Å²) in [5, 5.41) is 0. The third-order valence-corrected chi connectivity index (χ3v) is 4.12. The number of carbonyl (C=O) groups is 1. The smallest absolute Gasteiger partial charge is 0.257 e. The number of carbonyl (C=O) groups excluding carboxylic acids is 1. The Labute approximate surface area is 115 Å². The Kier molecular flexibility index (Phi) is 4.13. The number of methoxy groups -OCH3 is 1. The lowest BCUT2D eigenvalue weighted by Gasteiger charge is -2.30. The minimum atomic E-state index is 0.104. The number of ether oxygens (including phenoxy) is 1. The highest BCUT2D eigenvalue weighted by Crippen LogP contribution is 2.26. The first kappa shape index (κ1) is 13.9. The first-order valence-electron chi connectivity index (χ1n) is 6.97. The van der Waals surface area contributed by atoms with Crippen LogP contribution in [0.25, 0.3) is 0 Å². The SMILES string of the molecule is COc1cc(C)c(C)cc1C(=O)N1CCC(C)CC1. The lowest BCUT2D eigenvalue weighted by Crippen LogP contribution is -2.38. The number of hydrogen-bond donors (Lipinski definition) is 0. The standard InChI is InChI=1S/C16H23NO2/c1-11-5-7-17(8-6-11)16(18)14-9-12(2)13(3)10-15(14)19-4/h9-11H,5-8H2,1-4H3. The van der Waals surface area contributed by atoms with Crippen LogP contribution in [-0.2, 0) is 0 Å². The van der Waals surface area contributed by atoms with E-state index in [2.05, 4.69) is 6.92 Å². The Morgan fingerprint density at radius 3 is 2.37 bits per heavy atom. The van der Waals surface area contributed by atoms with Gasteiger partial charge in [-0.15, -0.1) is 0 Å². The molecule has 1 aromatic rings. The number of likely N-dealkylation sites (tertiary alicyclic amines) is 1. The van der Waals surface area contributed by atoms with Crippen molar-refractivity contribution in [3.63, 3.8) is 0 Å². The maximum Gasteiger partial charge on any atom is 0.257 e. The van der Waals surface area contributed by atoms with Crippen molar-refractivity contribution >= 4 is 5.91 Å². The summed E-state index contributed by atoms with van der Waals surface area (Å²) < 4.78 is 5.37. The highest BCUT2D eigenvalue weighted by Gasteiger charge is 2.24. The Morgan fingerprint density at radius 1 is 1.21 bits per heavy atom. The lowest BCUT2D eigenvalue weighted by atomic mass is 9.98. The highest BCUT2D eigenvalue weighted by atomic mass is 16.5. The first-order valence-corrected chi connectivity index (χ1v) is 6.97. The van der Waals surface area contributed by atoms with E-state index in [4.69, 9.17) is 4.74 Å². The zero-order valence-electron chi connectivity index (χ0n) is 12.3. The number of amides is 1. The molecule has 0 aliphatic carbocycles. The fourth-order valence-corrected chi connectivity index (χ4v) is 2.51. The van der Waals surface area contributed by atoms with Crippen LogP contribution in [-0.4, -0.2) is 31.0 Å². The van der Waals surface area contributed by atoms with E-state index in [-0.39, 0.29) is 5.91 Å². The molecule has 1 aliphatic heterocycles. The van der Waals surface area contributed by atoms with Crippen LogP contribution in [0.2, 0.25) is 0 Å². The van der Waals surface area contributed by atoms with Crippen LogP contribution in [0.3, 0.4) is 0 Å². The Morgan fingerprint density at radius 2 is 1.79 bits per heavy atom. The molecule has 1 heterocycles. The second kappa shape index (κ2) is 5.64. The summed E-state index contributed by atoms with van der Waals surface area (Å²) in [7, 11) is 1.62. The van der Waals surface area contributed by atoms with Gasteiger partial charge in [-0.25, -0.2) is 0 Å². The monoisotopic (exact) mass is 261 g/mol. The van der Waals surface area contributed by atoms with E-state index in [1.165, 1.54) is 0 Å². The minimum Gasteiger partial charge on any atom is -0.496 e. The molecule has 0 atom stereocenters. The molecule has 0 spiro atoms. The van der Waals surface area contributed by atoms with Crippen molar-refractivity contribution in [1.82, 2.24) is 4.90 Å². The van der Waals surface area contributed by atoms with Crippen molar-refractivity contribution in [2.45, 2.75) is 33.6 Å².